The Morgan fingerprint density at radius 2 is 2.00 bits per heavy atom. The van der Waals surface area contributed by atoms with E-state index in [2.05, 4.69) is 9.88 Å². The number of rotatable bonds is 4. The summed E-state index contributed by atoms with van der Waals surface area (Å²) in [6, 6.07) is 5.72. The third-order valence-corrected chi connectivity index (χ3v) is 5.31. The molecule has 0 atom stereocenters. The van der Waals surface area contributed by atoms with Crippen LogP contribution in [0.3, 0.4) is 0 Å². The quantitative estimate of drug-likeness (QED) is 0.865. The molecule has 1 fully saturated rings. The van der Waals surface area contributed by atoms with Gasteiger partial charge in [0.2, 0.25) is 0 Å². The molecule has 2 aromatic rings. The lowest BCUT2D eigenvalue weighted by Gasteiger charge is -2.35. The molecule has 3 heterocycles. The van der Waals surface area contributed by atoms with Gasteiger partial charge in [-0.25, -0.2) is 9.78 Å². The Hall–Kier alpha value is -2.03. The number of hydrogen-bond donors (Lipinski definition) is 1. The Bertz CT molecular complexity index is 765. The van der Waals surface area contributed by atoms with Gasteiger partial charge in [0.25, 0.3) is 0 Å². The van der Waals surface area contributed by atoms with Crippen LogP contribution < -0.4 is 0 Å². The first-order valence-electron chi connectivity index (χ1n) is 9.07. The average molecular weight is 391 g/mol. The smallest absolute Gasteiger partial charge is 0.410 e. The molecule has 0 saturated carbocycles. The lowest BCUT2D eigenvalue weighted by molar-refractivity contribution is 0.0138. The van der Waals surface area contributed by atoms with Crippen molar-refractivity contribution >= 4 is 17.4 Å². The molecule has 1 N–H and O–H groups in total. The van der Waals surface area contributed by atoms with Crippen LogP contribution in [0.25, 0.3) is 10.7 Å². The van der Waals surface area contributed by atoms with E-state index in [1.54, 1.807) is 11.1 Å². The number of ether oxygens (including phenoxy) is 1. The van der Waals surface area contributed by atoms with Gasteiger partial charge in [0.1, 0.15) is 10.6 Å². The van der Waals surface area contributed by atoms with Gasteiger partial charge in [-0.05, 0) is 32.9 Å². The lowest BCUT2D eigenvalue weighted by atomic mass is 10.2. The van der Waals surface area contributed by atoms with Gasteiger partial charge in [-0.1, -0.05) is 6.07 Å². The molecule has 1 aliphatic heterocycles. The van der Waals surface area contributed by atoms with E-state index in [4.69, 9.17) is 9.72 Å². The number of thiazole rings is 1. The second-order valence-corrected chi connectivity index (χ2v) is 8.59. The first-order chi connectivity index (χ1) is 12.9. The molecule has 8 heteroatoms. The Morgan fingerprint density at radius 1 is 1.26 bits per heavy atom. The van der Waals surface area contributed by atoms with Crippen molar-refractivity contribution in [2.45, 2.75) is 39.5 Å². The summed E-state index contributed by atoms with van der Waals surface area (Å²) in [6.07, 6.45) is 1.48. The lowest BCUT2D eigenvalue weighted by Crippen LogP contribution is -2.49. The van der Waals surface area contributed by atoms with Crippen molar-refractivity contribution < 1.29 is 14.6 Å². The van der Waals surface area contributed by atoms with Crippen molar-refractivity contribution in [3.05, 3.63) is 35.0 Å². The summed E-state index contributed by atoms with van der Waals surface area (Å²) in [7, 11) is 0. The fourth-order valence-corrected chi connectivity index (χ4v) is 3.76. The van der Waals surface area contributed by atoms with Gasteiger partial charge >= 0.3 is 6.09 Å². The van der Waals surface area contributed by atoms with Crippen LogP contribution in [0, 0.1) is 0 Å². The molecular weight excluding hydrogens is 364 g/mol. The minimum Gasteiger partial charge on any atom is -0.444 e. The number of nitrogens with zero attached hydrogens (tertiary/aromatic N) is 4. The van der Waals surface area contributed by atoms with Gasteiger partial charge < -0.3 is 14.7 Å². The Labute approximate surface area is 163 Å². The summed E-state index contributed by atoms with van der Waals surface area (Å²) in [5.41, 5.74) is 1.22. The van der Waals surface area contributed by atoms with Gasteiger partial charge in [0, 0.05) is 38.9 Å². The van der Waals surface area contributed by atoms with Crippen LogP contribution in [-0.2, 0) is 17.9 Å². The van der Waals surface area contributed by atoms with E-state index < -0.39 is 5.60 Å². The number of piperazine rings is 1. The Balaban J connectivity index is 1.61. The summed E-state index contributed by atoms with van der Waals surface area (Å²) >= 11 is 1.48. The van der Waals surface area contributed by atoms with Crippen LogP contribution in [-0.4, -0.2) is 62.7 Å². The summed E-state index contributed by atoms with van der Waals surface area (Å²) < 4.78 is 5.44. The van der Waals surface area contributed by atoms with Gasteiger partial charge in [-0.15, -0.1) is 11.3 Å². The van der Waals surface area contributed by atoms with Gasteiger partial charge in [0.05, 0.1) is 22.9 Å². The molecule has 0 spiro atoms. The molecule has 7 nitrogen and oxygen atoms in total. The van der Waals surface area contributed by atoms with E-state index >= 15 is 0 Å². The summed E-state index contributed by atoms with van der Waals surface area (Å²) in [6.45, 7) is 9.00. The zero-order chi connectivity index (χ0) is 19.4. The number of aliphatic hydroxyl groups is 1. The Morgan fingerprint density at radius 3 is 2.59 bits per heavy atom. The minimum atomic E-state index is -0.479. The second-order valence-electron chi connectivity index (χ2n) is 7.51. The van der Waals surface area contributed by atoms with E-state index in [0.717, 1.165) is 34.4 Å². The third kappa shape index (κ3) is 5.24. The zero-order valence-electron chi connectivity index (χ0n) is 16.0. The highest BCUT2D eigenvalue weighted by Crippen LogP contribution is 2.28. The number of aromatic nitrogens is 2. The monoisotopic (exact) mass is 390 g/mol. The van der Waals surface area contributed by atoms with Crippen LogP contribution in [0.5, 0.6) is 0 Å². The second kappa shape index (κ2) is 8.33. The molecule has 0 aromatic carbocycles. The van der Waals surface area contributed by atoms with Gasteiger partial charge in [-0.2, -0.15) is 0 Å². The van der Waals surface area contributed by atoms with E-state index in [-0.39, 0.29) is 12.7 Å². The van der Waals surface area contributed by atoms with Crippen molar-refractivity contribution in [2.24, 2.45) is 0 Å². The highest BCUT2D eigenvalue weighted by Gasteiger charge is 2.26. The first-order valence-corrected chi connectivity index (χ1v) is 9.88. The molecule has 146 valence electrons. The maximum atomic E-state index is 12.2. The molecule has 27 heavy (non-hydrogen) atoms. The highest BCUT2D eigenvalue weighted by molar-refractivity contribution is 7.15. The molecule has 0 aliphatic carbocycles. The third-order valence-electron chi connectivity index (χ3n) is 4.20. The van der Waals surface area contributed by atoms with E-state index in [1.165, 1.54) is 11.3 Å². The van der Waals surface area contributed by atoms with Crippen LogP contribution in [0.4, 0.5) is 4.79 Å². The van der Waals surface area contributed by atoms with Crippen molar-refractivity contribution in [2.75, 3.05) is 26.2 Å². The van der Waals surface area contributed by atoms with Gasteiger partial charge in [0.15, 0.2) is 0 Å². The minimum absolute atomic E-state index is 0.0301. The predicted molar refractivity (Wildman–Crippen MR) is 104 cm³/mol. The first kappa shape index (κ1) is 19.7. The number of aliphatic hydroxyl groups excluding tert-OH is 1. The number of carbonyl (C=O) groups is 1. The molecule has 1 saturated heterocycles. The van der Waals surface area contributed by atoms with Crippen LogP contribution in [0.2, 0.25) is 0 Å². The SMILES string of the molecule is CC(C)(C)OC(=O)N1CCN(Cc2nc(-c3ccccn3)sc2CO)CC1. The van der Waals surface area contributed by atoms with E-state index in [1.807, 2.05) is 39.0 Å². The summed E-state index contributed by atoms with van der Waals surface area (Å²) in [5.74, 6) is 0. The predicted octanol–water partition coefficient (Wildman–Crippen LogP) is 2.75. The van der Waals surface area contributed by atoms with Crippen molar-refractivity contribution in [3.8, 4) is 10.7 Å². The van der Waals surface area contributed by atoms with E-state index in [9.17, 15) is 9.90 Å². The molecule has 2 aromatic heterocycles. The van der Waals surface area contributed by atoms with E-state index in [0.29, 0.717) is 19.6 Å². The van der Waals surface area contributed by atoms with Crippen molar-refractivity contribution in [1.29, 1.82) is 0 Å². The maximum absolute atomic E-state index is 12.2. The number of amides is 1. The maximum Gasteiger partial charge on any atom is 0.410 e. The molecule has 0 radical (unpaired) electrons. The summed E-state index contributed by atoms with van der Waals surface area (Å²) in [5, 5.41) is 10.5. The average Bonchev–Trinajstić information content (AvgIpc) is 3.04. The number of carbonyl (C=O) groups excluding carboxylic acids is 1. The molecular formula is C19H26N4O3S. The van der Waals surface area contributed by atoms with Crippen LogP contribution in [0.15, 0.2) is 24.4 Å². The fourth-order valence-electron chi connectivity index (χ4n) is 2.86. The zero-order valence-corrected chi connectivity index (χ0v) is 16.8. The molecule has 0 bridgehead atoms. The summed E-state index contributed by atoms with van der Waals surface area (Å²) in [4.78, 5) is 26.1. The van der Waals surface area contributed by atoms with Gasteiger partial charge in [-0.3, -0.25) is 9.88 Å². The highest BCUT2D eigenvalue weighted by atomic mass is 32.1. The fraction of sp³-hybridized carbons (Fsp3) is 0.526. The normalized spacial score (nSPS) is 15.8. The molecule has 1 aliphatic rings. The largest absolute Gasteiger partial charge is 0.444 e. The topological polar surface area (TPSA) is 78.8 Å². The molecule has 0 unspecified atom stereocenters. The van der Waals surface area contributed by atoms with Crippen LogP contribution in [0.1, 0.15) is 31.3 Å². The van der Waals surface area contributed by atoms with Crippen molar-refractivity contribution in [3.63, 3.8) is 0 Å². The Kier molecular flexibility index (Phi) is 6.08. The molecule has 1 amide bonds. The number of hydrogen-bond acceptors (Lipinski definition) is 7. The molecule has 3 rings (SSSR count). The number of pyridine rings is 1. The van der Waals surface area contributed by atoms with Crippen molar-refractivity contribution in [1.82, 2.24) is 19.8 Å². The standard InChI is InChI=1S/C19H26N4O3S/c1-19(2,3)26-18(25)23-10-8-22(9-11-23)12-15-16(13-24)27-17(21-15)14-6-4-5-7-20-14/h4-7,24H,8-13H2,1-3H3. The van der Waals surface area contributed by atoms with Crippen LogP contribution >= 0.6 is 11.3 Å².